The molecule has 0 bridgehead atoms. The summed E-state index contributed by atoms with van der Waals surface area (Å²) >= 11 is 0. The number of anilines is 1. The third kappa shape index (κ3) is 2.79. The summed E-state index contributed by atoms with van der Waals surface area (Å²) in [6, 6.07) is 1.61. The van der Waals surface area contributed by atoms with Crippen LogP contribution in [-0.2, 0) is 7.05 Å². The Morgan fingerprint density at radius 1 is 1.41 bits per heavy atom. The smallest absolute Gasteiger partial charge is 0.268 e. The molecule has 0 saturated carbocycles. The second kappa shape index (κ2) is 4.07. The van der Waals surface area contributed by atoms with E-state index in [0.29, 0.717) is 11.4 Å². The number of carbonyl (C=O) groups excluding carboxylic acids is 1. The van der Waals surface area contributed by atoms with Crippen molar-refractivity contribution >= 4 is 11.6 Å². The van der Waals surface area contributed by atoms with Gasteiger partial charge in [-0.3, -0.25) is 4.79 Å². The molecule has 1 aromatic rings. The van der Waals surface area contributed by atoms with Crippen molar-refractivity contribution in [2.45, 2.75) is 38.8 Å². The number of rotatable bonds is 3. The monoisotopic (exact) mass is 239 g/mol. The summed E-state index contributed by atoms with van der Waals surface area (Å²) < 4.78 is 1.66. The van der Waals surface area contributed by atoms with E-state index < -0.39 is 11.1 Å². The van der Waals surface area contributed by atoms with Crippen LogP contribution in [0.1, 0.15) is 38.2 Å². The van der Waals surface area contributed by atoms with Crippen LogP contribution in [0.2, 0.25) is 0 Å². The molecule has 0 aromatic carbocycles. The van der Waals surface area contributed by atoms with Crippen molar-refractivity contribution in [3.8, 4) is 0 Å². The zero-order valence-electron chi connectivity index (χ0n) is 11.0. The summed E-state index contributed by atoms with van der Waals surface area (Å²) in [6.45, 7) is 6.87. The lowest BCUT2D eigenvalue weighted by Gasteiger charge is -2.37. The average molecular weight is 239 g/mol. The fourth-order valence-corrected chi connectivity index (χ4v) is 1.32. The first-order valence-corrected chi connectivity index (χ1v) is 5.51. The summed E-state index contributed by atoms with van der Waals surface area (Å²) in [5, 5.41) is 12.8. The molecule has 0 saturated heterocycles. The van der Waals surface area contributed by atoms with Gasteiger partial charge in [0.05, 0.1) is 16.8 Å². The van der Waals surface area contributed by atoms with E-state index in [0.717, 1.165) is 0 Å². The van der Waals surface area contributed by atoms with Crippen LogP contribution >= 0.6 is 0 Å². The molecule has 4 N–H and O–H groups in total. The van der Waals surface area contributed by atoms with Crippen molar-refractivity contribution in [1.29, 1.82) is 0 Å². The number of nitrogens with two attached hydrogens (primary N) is 1. The first-order chi connectivity index (χ1) is 7.54. The van der Waals surface area contributed by atoms with Gasteiger partial charge < -0.3 is 20.7 Å². The molecule has 5 heteroatoms. The normalized spacial score (nSPS) is 12.6. The van der Waals surface area contributed by atoms with Crippen LogP contribution in [0.4, 0.5) is 5.69 Å². The summed E-state index contributed by atoms with van der Waals surface area (Å²) in [5.41, 5.74) is 4.88. The summed E-state index contributed by atoms with van der Waals surface area (Å²) in [6.07, 6.45) is 1.67. The minimum absolute atomic E-state index is 0.253. The zero-order valence-corrected chi connectivity index (χ0v) is 11.0. The van der Waals surface area contributed by atoms with Gasteiger partial charge in [-0.25, -0.2) is 0 Å². The van der Waals surface area contributed by atoms with Gasteiger partial charge in [0.1, 0.15) is 5.69 Å². The van der Waals surface area contributed by atoms with Crippen molar-refractivity contribution in [2.75, 3.05) is 5.73 Å². The molecule has 17 heavy (non-hydrogen) atoms. The highest BCUT2D eigenvalue weighted by Crippen LogP contribution is 2.21. The van der Waals surface area contributed by atoms with Gasteiger partial charge in [-0.05, 0) is 33.8 Å². The first-order valence-electron chi connectivity index (χ1n) is 5.51. The number of nitrogens with one attached hydrogen (secondary N) is 1. The van der Waals surface area contributed by atoms with Gasteiger partial charge in [-0.15, -0.1) is 0 Å². The number of hydrogen-bond acceptors (Lipinski definition) is 3. The van der Waals surface area contributed by atoms with Crippen LogP contribution in [0.5, 0.6) is 0 Å². The lowest BCUT2D eigenvalue weighted by atomic mass is 9.86. The fourth-order valence-electron chi connectivity index (χ4n) is 1.32. The van der Waals surface area contributed by atoms with Gasteiger partial charge in [0.25, 0.3) is 5.91 Å². The lowest BCUT2D eigenvalue weighted by Crippen LogP contribution is -2.57. The van der Waals surface area contributed by atoms with Crippen LogP contribution in [-0.4, -0.2) is 26.7 Å². The Labute approximate surface area is 102 Å². The van der Waals surface area contributed by atoms with Crippen LogP contribution in [0, 0.1) is 0 Å². The zero-order chi connectivity index (χ0) is 13.4. The molecule has 5 nitrogen and oxygen atoms in total. The predicted octanol–water partition coefficient (Wildman–Crippen LogP) is 0.887. The Morgan fingerprint density at radius 3 is 2.29 bits per heavy atom. The maximum absolute atomic E-state index is 12.0. The van der Waals surface area contributed by atoms with E-state index in [1.54, 1.807) is 51.6 Å². The van der Waals surface area contributed by atoms with E-state index in [9.17, 15) is 9.90 Å². The highest BCUT2D eigenvalue weighted by molar-refractivity contribution is 5.94. The molecule has 96 valence electrons. The number of amides is 1. The molecule has 0 radical (unpaired) electrons. The summed E-state index contributed by atoms with van der Waals surface area (Å²) in [4.78, 5) is 12.0. The van der Waals surface area contributed by atoms with E-state index >= 15 is 0 Å². The topological polar surface area (TPSA) is 80.3 Å². The molecule has 0 aliphatic rings. The number of carbonyl (C=O) groups is 1. The molecular weight excluding hydrogens is 218 g/mol. The number of hydrogen-bond donors (Lipinski definition) is 3. The fraction of sp³-hybridized carbons (Fsp3) is 0.583. The maximum Gasteiger partial charge on any atom is 0.268 e. The first kappa shape index (κ1) is 13.6. The van der Waals surface area contributed by atoms with E-state index in [1.807, 2.05) is 0 Å². The van der Waals surface area contributed by atoms with E-state index in [-0.39, 0.29) is 5.91 Å². The Balaban J connectivity index is 2.91. The molecule has 0 aliphatic heterocycles. The SMILES string of the molecule is Cn1cc(N)cc1C(=O)NC(C)(C)C(C)(C)O. The quantitative estimate of drug-likeness (QED) is 0.732. The standard InChI is InChI=1S/C12H21N3O2/c1-11(2,12(3,4)17)14-10(16)9-6-8(13)7-15(9)5/h6-7,17H,13H2,1-5H3,(H,14,16). The highest BCUT2D eigenvalue weighted by atomic mass is 16.3. The van der Waals surface area contributed by atoms with Gasteiger partial charge >= 0.3 is 0 Å². The molecule has 1 amide bonds. The largest absolute Gasteiger partial charge is 0.397 e. The number of nitrogens with zero attached hydrogens (tertiary/aromatic N) is 1. The van der Waals surface area contributed by atoms with Crippen LogP contribution in [0.25, 0.3) is 0 Å². The Hall–Kier alpha value is -1.49. The van der Waals surface area contributed by atoms with Crippen molar-refractivity contribution in [1.82, 2.24) is 9.88 Å². The van der Waals surface area contributed by atoms with Gasteiger partial charge in [0, 0.05) is 13.2 Å². The lowest BCUT2D eigenvalue weighted by molar-refractivity contribution is -0.00308. The highest BCUT2D eigenvalue weighted by Gasteiger charge is 2.36. The van der Waals surface area contributed by atoms with Crippen LogP contribution in [0.3, 0.4) is 0 Å². The molecule has 0 atom stereocenters. The molecule has 1 heterocycles. The molecule has 0 fully saturated rings. The van der Waals surface area contributed by atoms with Crippen LogP contribution in [0.15, 0.2) is 12.3 Å². The second-order valence-electron chi connectivity index (χ2n) is 5.41. The van der Waals surface area contributed by atoms with Crippen molar-refractivity contribution in [2.24, 2.45) is 7.05 Å². The van der Waals surface area contributed by atoms with Gasteiger partial charge in [0.15, 0.2) is 0 Å². The molecule has 0 unspecified atom stereocenters. The predicted molar refractivity (Wildman–Crippen MR) is 67.7 cm³/mol. The molecule has 0 spiro atoms. The number of nitrogen functional groups attached to an aromatic ring is 1. The van der Waals surface area contributed by atoms with Gasteiger partial charge in [-0.1, -0.05) is 0 Å². The van der Waals surface area contributed by atoms with E-state index in [1.165, 1.54) is 0 Å². The minimum Gasteiger partial charge on any atom is -0.397 e. The molecular formula is C12H21N3O2. The minimum atomic E-state index is -1.01. The summed E-state index contributed by atoms with van der Waals surface area (Å²) in [5.74, 6) is -0.253. The third-order valence-corrected chi connectivity index (χ3v) is 3.21. The maximum atomic E-state index is 12.0. The third-order valence-electron chi connectivity index (χ3n) is 3.21. The Morgan fingerprint density at radius 2 is 1.94 bits per heavy atom. The van der Waals surface area contributed by atoms with Gasteiger partial charge in [-0.2, -0.15) is 0 Å². The van der Waals surface area contributed by atoms with Crippen molar-refractivity contribution < 1.29 is 9.90 Å². The van der Waals surface area contributed by atoms with E-state index in [4.69, 9.17) is 5.73 Å². The van der Waals surface area contributed by atoms with Crippen molar-refractivity contribution in [3.63, 3.8) is 0 Å². The molecule has 0 aliphatic carbocycles. The number of aromatic nitrogens is 1. The summed E-state index contributed by atoms with van der Waals surface area (Å²) in [7, 11) is 1.75. The second-order valence-corrected chi connectivity index (χ2v) is 5.41. The van der Waals surface area contributed by atoms with Gasteiger partial charge in [0.2, 0.25) is 0 Å². The van der Waals surface area contributed by atoms with Crippen LogP contribution < -0.4 is 11.1 Å². The molecule has 1 rings (SSSR count). The Kier molecular flexibility index (Phi) is 3.25. The Bertz CT molecular complexity index is 427. The van der Waals surface area contributed by atoms with E-state index in [2.05, 4.69) is 5.32 Å². The number of aliphatic hydroxyl groups is 1. The number of aryl methyl sites for hydroxylation is 1. The van der Waals surface area contributed by atoms with Crippen molar-refractivity contribution in [3.05, 3.63) is 18.0 Å². The molecule has 1 aromatic heterocycles. The average Bonchev–Trinajstić information content (AvgIpc) is 2.42.